The SMILES string of the molecule is Cc1nn(-c2ccccc2)c2c1C1(C(=O)N(Cc3ccc(Br)cc3)c3ccccc31)C(C#N)=C(N)O2. The molecule has 3 heterocycles. The topological polar surface area (TPSA) is 97.2 Å². The number of carbonyl (C=O) groups excluding carboxylic acids is 1. The molecule has 36 heavy (non-hydrogen) atoms. The molecule has 1 unspecified atom stereocenters. The van der Waals surface area contributed by atoms with E-state index < -0.39 is 5.41 Å². The quantitative estimate of drug-likeness (QED) is 0.402. The molecule has 1 amide bonds. The zero-order chi connectivity index (χ0) is 25.0. The molecular weight excluding hydrogens is 518 g/mol. The fourth-order valence-corrected chi connectivity index (χ4v) is 5.51. The van der Waals surface area contributed by atoms with Crippen LogP contribution in [0, 0.1) is 18.3 Å². The second-order valence-corrected chi connectivity index (χ2v) is 9.67. The lowest BCUT2D eigenvalue weighted by Gasteiger charge is -2.33. The van der Waals surface area contributed by atoms with E-state index in [0.29, 0.717) is 29.2 Å². The number of benzene rings is 3. The number of nitrogens with zero attached hydrogens (tertiary/aromatic N) is 4. The maximum absolute atomic E-state index is 14.6. The van der Waals surface area contributed by atoms with Gasteiger partial charge in [-0.25, -0.2) is 4.68 Å². The van der Waals surface area contributed by atoms with E-state index in [1.807, 2.05) is 85.8 Å². The van der Waals surface area contributed by atoms with Crippen molar-refractivity contribution >= 4 is 27.5 Å². The van der Waals surface area contributed by atoms with Crippen molar-refractivity contribution < 1.29 is 9.53 Å². The number of aromatic nitrogens is 2. The predicted molar refractivity (Wildman–Crippen MR) is 138 cm³/mol. The molecule has 0 aliphatic carbocycles. The minimum atomic E-state index is -1.46. The number of rotatable bonds is 3. The molecule has 0 radical (unpaired) electrons. The second-order valence-electron chi connectivity index (χ2n) is 8.75. The Hall–Kier alpha value is -4.35. The summed E-state index contributed by atoms with van der Waals surface area (Å²) in [6, 6.07) is 27.1. The van der Waals surface area contributed by atoms with Crippen LogP contribution < -0.4 is 15.4 Å². The third-order valence-corrected chi connectivity index (χ3v) is 7.28. The van der Waals surface area contributed by atoms with Crippen molar-refractivity contribution in [3.8, 4) is 17.6 Å². The lowest BCUT2D eigenvalue weighted by molar-refractivity contribution is -0.121. The van der Waals surface area contributed by atoms with Gasteiger partial charge in [0.05, 0.1) is 23.5 Å². The zero-order valence-corrected chi connectivity index (χ0v) is 20.9. The standard InChI is InChI=1S/C28H20BrN5O2/c1-17-24-26(34(32-17)20-7-3-2-4-8-20)36-25(31)22(15-30)28(24)21-9-5-6-10-23(21)33(27(28)35)16-18-11-13-19(29)14-12-18/h2-14H,16,31H2,1H3. The Kier molecular flexibility index (Phi) is 4.99. The van der Waals surface area contributed by atoms with Gasteiger partial charge >= 0.3 is 0 Å². The number of amides is 1. The molecule has 0 saturated carbocycles. The molecular formula is C28H20BrN5O2. The van der Waals surface area contributed by atoms with E-state index in [-0.39, 0.29) is 17.4 Å². The van der Waals surface area contributed by atoms with Crippen LogP contribution in [0.3, 0.4) is 0 Å². The molecule has 0 bridgehead atoms. The molecule has 0 saturated heterocycles. The average Bonchev–Trinajstić information content (AvgIpc) is 3.34. The Morgan fingerprint density at radius 3 is 2.47 bits per heavy atom. The molecule has 7 nitrogen and oxygen atoms in total. The first-order chi connectivity index (χ1) is 17.5. The van der Waals surface area contributed by atoms with E-state index in [1.165, 1.54) is 0 Å². The van der Waals surface area contributed by atoms with Crippen LogP contribution in [0.25, 0.3) is 5.69 Å². The summed E-state index contributed by atoms with van der Waals surface area (Å²) in [4.78, 5) is 16.3. The van der Waals surface area contributed by atoms with Crippen molar-refractivity contribution in [1.82, 2.24) is 9.78 Å². The molecule has 1 atom stereocenters. The van der Waals surface area contributed by atoms with Gasteiger partial charge in [0.15, 0.2) is 0 Å². The number of carbonyl (C=O) groups is 1. The Bertz CT molecular complexity index is 1600. The number of hydrogen-bond acceptors (Lipinski definition) is 5. The van der Waals surface area contributed by atoms with Crippen LogP contribution in [0.5, 0.6) is 5.88 Å². The van der Waals surface area contributed by atoms with E-state index >= 15 is 0 Å². The molecule has 176 valence electrons. The molecule has 3 aromatic carbocycles. The number of anilines is 1. The van der Waals surface area contributed by atoms with Crippen LogP contribution >= 0.6 is 15.9 Å². The van der Waals surface area contributed by atoms with E-state index in [0.717, 1.165) is 21.4 Å². The first-order valence-electron chi connectivity index (χ1n) is 11.4. The third-order valence-electron chi connectivity index (χ3n) is 6.75. The van der Waals surface area contributed by atoms with E-state index in [1.54, 1.807) is 9.58 Å². The summed E-state index contributed by atoms with van der Waals surface area (Å²) in [6.45, 7) is 2.17. The van der Waals surface area contributed by atoms with Crippen molar-refractivity contribution in [2.45, 2.75) is 18.9 Å². The highest BCUT2D eigenvalue weighted by molar-refractivity contribution is 9.10. The van der Waals surface area contributed by atoms with E-state index in [9.17, 15) is 10.1 Å². The number of aryl methyl sites for hydroxylation is 1. The molecule has 1 aromatic heterocycles. The van der Waals surface area contributed by atoms with Gasteiger partial charge in [0.25, 0.3) is 0 Å². The van der Waals surface area contributed by atoms with Gasteiger partial charge in [-0.3, -0.25) is 4.79 Å². The minimum absolute atomic E-state index is 0.0708. The van der Waals surface area contributed by atoms with Crippen molar-refractivity contribution in [3.05, 3.63) is 117 Å². The fourth-order valence-electron chi connectivity index (χ4n) is 5.25. The van der Waals surface area contributed by atoms with Crippen LogP contribution in [0.15, 0.2) is 94.8 Å². The fraction of sp³-hybridized carbons (Fsp3) is 0.107. The number of hydrogen-bond donors (Lipinski definition) is 1. The largest absolute Gasteiger partial charge is 0.422 e. The second kappa shape index (κ2) is 8.11. The van der Waals surface area contributed by atoms with Crippen LogP contribution in [0.1, 0.15) is 22.4 Å². The van der Waals surface area contributed by atoms with Crippen LogP contribution in [0.2, 0.25) is 0 Å². The predicted octanol–water partition coefficient (Wildman–Crippen LogP) is 4.86. The van der Waals surface area contributed by atoms with Crippen LogP contribution in [-0.2, 0) is 16.8 Å². The normalized spacial score (nSPS) is 18.1. The molecule has 2 aliphatic heterocycles. The maximum atomic E-state index is 14.6. The lowest BCUT2D eigenvalue weighted by Crippen LogP contribution is -2.46. The number of nitrogens with two attached hydrogens (primary N) is 1. The van der Waals surface area contributed by atoms with Gasteiger partial charge in [0.1, 0.15) is 17.1 Å². The van der Waals surface area contributed by atoms with Crippen molar-refractivity contribution in [2.24, 2.45) is 5.73 Å². The Labute approximate surface area is 216 Å². The molecule has 2 aliphatic rings. The number of ether oxygens (including phenoxy) is 1. The van der Waals surface area contributed by atoms with Crippen LogP contribution in [0.4, 0.5) is 5.69 Å². The molecule has 2 N–H and O–H groups in total. The van der Waals surface area contributed by atoms with Crippen molar-refractivity contribution in [1.29, 1.82) is 5.26 Å². The highest BCUT2D eigenvalue weighted by Crippen LogP contribution is 2.56. The number of fused-ring (bicyclic) bond motifs is 4. The zero-order valence-electron chi connectivity index (χ0n) is 19.3. The third kappa shape index (κ3) is 2.96. The molecule has 6 rings (SSSR count). The van der Waals surface area contributed by atoms with Gasteiger partial charge < -0.3 is 15.4 Å². The van der Waals surface area contributed by atoms with Crippen LogP contribution in [-0.4, -0.2) is 15.7 Å². The number of nitriles is 1. The summed E-state index contributed by atoms with van der Waals surface area (Å²) < 4.78 is 8.61. The molecule has 8 heteroatoms. The van der Waals surface area contributed by atoms with Gasteiger partial charge in [-0.05, 0) is 42.8 Å². The molecule has 4 aromatic rings. The summed E-state index contributed by atoms with van der Waals surface area (Å²) in [5.41, 5.74) is 9.23. The summed E-state index contributed by atoms with van der Waals surface area (Å²) in [5.74, 6) is -0.0223. The number of para-hydroxylation sites is 2. The first-order valence-corrected chi connectivity index (χ1v) is 12.2. The first kappa shape index (κ1) is 22.1. The minimum Gasteiger partial charge on any atom is -0.422 e. The highest BCUT2D eigenvalue weighted by atomic mass is 79.9. The van der Waals surface area contributed by atoms with Gasteiger partial charge in [-0.15, -0.1) is 0 Å². The Morgan fingerprint density at radius 1 is 1.06 bits per heavy atom. The Morgan fingerprint density at radius 2 is 1.75 bits per heavy atom. The Balaban J connectivity index is 1.62. The van der Waals surface area contributed by atoms with Gasteiger partial charge in [0, 0.05) is 15.7 Å². The van der Waals surface area contributed by atoms with E-state index in [4.69, 9.17) is 15.6 Å². The summed E-state index contributed by atoms with van der Waals surface area (Å²) in [6.07, 6.45) is 0. The molecule has 1 spiro atoms. The summed E-state index contributed by atoms with van der Waals surface area (Å²) in [5, 5.41) is 15.0. The van der Waals surface area contributed by atoms with Gasteiger partial charge in [-0.2, -0.15) is 10.4 Å². The lowest BCUT2D eigenvalue weighted by atomic mass is 9.69. The van der Waals surface area contributed by atoms with Gasteiger partial charge in [-0.1, -0.05) is 64.5 Å². The number of halogens is 1. The smallest absolute Gasteiger partial charge is 0.248 e. The summed E-state index contributed by atoms with van der Waals surface area (Å²) >= 11 is 3.46. The average molecular weight is 538 g/mol. The summed E-state index contributed by atoms with van der Waals surface area (Å²) in [7, 11) is 0. The maximum Gasteiger partial charge on any atom is 0.248 e. The highest BCUT2D eigenvalue weighted by Gasteiger charge is 2.61. The van der Waals surface area contributed by atoms with E-state index in [2.05, 4.69) is 22.0 Å². The monoisotopic (exact) mass is 537 g/mol. The van der Waals surface area contributed by atoms with Crippen molar-refractivity contribution in [2.75, 3.05) is 4.90 Å². The van der Waals surface area contributed by atoms with Gasteiger partial charge in [0.2, 0.25) is 17.7 Å². The van der Waals surface area contributed by atoms with Crippen molar-refractivity contribution in [3.63, 3.8) is 0 Å². The molecule has 0 fully saturated rings.